The lowest BCUT2D eigenvalue weighted by molar-refractivity contribution is 0.306. The predicted molar refractivity (Wildman–Crippen MR) is 130 cm³/mol. The number of aromatic nitrogens is 4. The van der Waals surface area contributed by atoms with E-state index in [0.717, 1.165) is 64.2 Å². The summed E-state index contributed by atoms with van der Waals surface area (Å²) in [6.45, 7) is 3.51. The highest BCUT2D eigenvalue weighted by atomic mass is 16.5. The smallest absolute Gasteiger partial charge is 0.122 e. The first kappa shape index (κ1) is 19.7. The average molecular weight is 433 g/mol. The average Bonchev–Trinajstić information content (AvgIpc) is 3.44. The highest BCUT2D eigenvalue weighted by Crippen LogP contribution is 2.40. The molecule has 1 aliphatic heterocycles. The molecule has 5 aromatic rings. The molecule has 0 saturated carbocycles. The Morgan fingerprint density at radius 3 is 2.76 bits per heavy atom. The van der Waals surface area contributed by atoms with Crippen LogP contribution < -0.4 is 4.74 Å². The van der Waals surface area contributed by atoms with Crippen LogP contribution in [0.5, 0.6) is 5.75 Å². The van der Waals surface area contributed by atoms with E-state index in [4.69, 9.17) is 14.8 Å². The van der Waals surface area contributed by atoms with Crippen molar-refractivity contribution in [2.75, 3.05) is 0 Å². The lowest BCUT2D eigenvalue weighted by Crippen LogP contribution is -1.96. The summed E-state index contributed by atoms with van der Waals surface area (Å²) < 4.78 is 8.20. The van der Waals surface area contributed by atoms with Crippen molar-refractivity contribution >= 4 is 10.9 Å². The summed E-state index contributed by atoms with van der Waals surface area (Å²) in [5.41, 5.74) is 8.53. The van der Waals surface area contributed by atoms with E-state index in [1.54, 1.807) is 0 Å². The second-order valence-corrected chi connectivity index (χ2v) is 8.47. The summed E-state index contributed by atoms with van der Waals surface area (Å²) in [6.07, 6.45) is 4.03. The van der Waals surface area contributed by atoms with Crippen LogP contribution in [0.15, 0.2) is 79.0 Å². The molecule has 0 atom stereocenters. The summed E-state index contributed by atoms with van der Waals surface area (Å²) >= 11 is 0. The molecule has 0 N–H and O–H groups in total. The van der Waals surface area contributed by atoms with Crippen molar-refractivity contribution in [1.82, 2.24) is 19.7 Å². The van der Waals surface area contributed by atoms with Gasteiger partial charge in [-0.2, -0.15) is 5.10 Å². The number of aryl methyl sites for hydroxylation is 2. The van der Waals surface area contributed by atoms with Crippen molar-refractivity contribution in [3.63, 3.8) is 0 Å². The van der Waals surface area contributed by atoms with E-state index in [2.05, 4.69) is 33.9 Å². The van der Waals surface area contributed by atoms with Gasteiger partial charge < -0.3 is 4.74 Å². The quantitative estimate of drug-likeness (QED) is 0.342. The number of ether oxygens (including phenoxy) is 1. The largest absolute Gasteiger partial charge is 0.489 e. The van der Waals surface area contributed by atoms with Gasteiger partial charge in [0.1, 0.15) is 18.1 Å². The minimum Gasteiger partial charge on any atom is -0.489 e. The van der Waals surface area contributed by atoms with Crippen LogP contribution in [0.4, 0.5) is 0 Å². The molecule has 0 spiro atoms. The van der Waals surface area contributed by atoms with Crippen molar-refractivity contribution in [3.05, 3.63) is 95.9 Å². The molecule has 0 radical (unpaired) electrons. The zero-order chi connectivity index (χ0) is 22.2. The zero-order valence-electron chi connectivity index (χ0n) is 18.5. The normalized spacial score (nSPS) is 12.8. The number of fused-ring (bicyclic) bond motifs is 2. The Morgan fingerprint density at radius 1 is 0.970 bits per heavy atom. The Morgan fingerprint density at radius 2 is 1.88 bits per heavy atom. The van der Waals surface area contributed by atoms with E-state index in [1.165, 1.54) is 11.3 Å². The van der Waals surface area contributed by atoms with Gasteiger partial charge >= 0.3 is 0 Å². The van der Waals surface area contributed by atoms with Gasteiger partial charge in [-0.1, -0.05) is 36.4 Å². The van der Waals surface area contributed by atoms with Crippen molar-refractivity contribution in [2.24, 2.45) is 0 Å². The molecule has 0 fully saturated rings. The van der Waals surface area contributed by atoms with Crippen LogP contribution >= 0.6 is 0 Å². The van der Waals surface area contributed by atoms with E-state index in [-0.39, 0.29) is 0 Å². The number of pyridine rings is 2. The van der Waals surface area contributed by atoms with E-state index in [1.807, 2.05) is 61.7 Å². The van der Waals surface area contributed by atoms with Gasteiger partial charge in [-0.3, -0.25) is 14.6 Å². The third-order valence-electron chi connectivity index (χ3n) is 6.20. The summed E-state index contributed by atoms with van der Waals surface area (Å²) in [4.78, 5) is 9.43. The summed E-state index contributed by atoms with van der Waals surface area (Å²) in [5, 5.41) is 6.07. The number of rotatable bonds is 5. The van der Waals surface area contributed by atoms with Crippen LogP contribution in [0.2, 0.25) is 0 Å². The molecule has 33 heavy (non-hydrogen) atoms. The van der Waals surface area contributed by atoms with Crippen LogP contribution in [-0.2, 0) is 19.6 Å². The summed E-state index contributed by atoms with van der Waals surface area (Å²) in [7, 11) is 0. The van der Waals surface area contributed by atoms with Gasteiger partial charge in [0.15, 0.2) is 0 Å². The van der Waals surface area contributed by atoms with E-state index >= 15 is 0 Å². The highest BCUT2D eigenvalue weighted by Gasteiger charge is 2.25. The fourth-order valence-electron chi connectivity index (χ4n) is 4.65. The first-order chi connectivity index (χ1) is 16.3. The van der Waals surface area contributed by atoms with Gasteiger partial charge in [-0.05, 0) is 61.2 Å². The van der Waals surface area contributed by atoms with Gasteiger partial charge in [0, 0.05) is 41.1 Å². The van der Waals surface area contributed by atoms with Crippen LogP contribution in [0, 0.1) is 6.92 Å². The molecule has 0 bridgehead atoms. The van der Waals surface area contributed by atoms with Gasteiger partial charge in [-0.25, -0.2) is 0 Å². The van der Waals surface area contributed by atoms with Crippen molar-refractivity contribution in [2.45, 2.75) is 32.9 Å². The fraction of sp³-hybridized carbons (Fsp3) is 0.179. The molecule has 1 aliphatic rings. The minimum atomic E-state index is 0.534. The molecule has 6 rings (SSSR count). The number of nitrogens with zero attached hydrogens (tertiary/aromatic N) is 4. The summed E-state index contributed by atoms with van der Waals surface area (Å²) in [6, 6.07) is 24.6. The molecule has 2 aromatic carbocycles. The van der Waals surface area contributed by atoms with E-state index < -0.39 is 0 Å². The molecule has 4 heterocycles. The van der Waals surface area contributed by atoms with Crippen molar-refractivity contribution in [1.29, 1.82) is 0 Å². The maximum Gasteiger partial charge on any atom is 0.122 e. The Hall–Kier alpha value is -3.99. The van der Waals surface area contributed by atoms with Gasteiger partial charge in [0.05, 0.1) is 11.2 Å². The molecular formula is C28H24N4O. The molecule has 0 unspecified atom stereocenters. The monoisotopic (exact) mass is 432 g/mol. The third kappa shape index (κ3) is 3.65. The second-order valence-electron chi connectivity index (χ2n) is 8.47. The Kier molecular flexibility index (Phi) is 4.87. The second kappa shape index (κ2) is 8.17. The first-order valence-electron chi connectivity index (χ1n) is 11.4. The van der Waals surface area contributed by atoms with Gasteiger partial charge in [0.25, 0.3) is 0 Å². The molecule has 3 aromatic heterocycles. The van der Waals surface area contributed by atoms with Gasteiger partial charge in [0.2, 0.25) is 0 Å². The number of benzene rings is 2. The topological polar surface area (TPSA) is 52.8 Å². The van der Waals surface area contributed by atoms with E-state index in [9.17, 15) is 0 Å². The molecule has 5 heteroatoms. The standard InChI is InChI=1S/C28H24N4O/c1-19-7-5-10-24(30-19)28-27(26-11-6-16-32(26)31-28)23-14-15-29-25-17-21(12-13-22(23)25)33-18-20-8-3-2-4-9-20/h2-5,7-10,12-15,17H,6,11,16,18H2,1H3. The molecule has 162 valence electrons. The number of hydrogen-bond acceptors (Lipinski definition) is 4. The lowest BCUT2D eigenvalue weighted by Gasteiger charge is -2.11. The van der Waals surface area contributed by atoms with Crippen LogP contribution in [0.3, 0.4) is 0 Å². The molecule has 0 amide bonds. The minimum absolute atomic E-state index is 0.534. The SMILES string of the molecule is Cc1cccc(-c2nn3c(c2-c2ccnc4cc(OCc5ccccc5)ccc24)CCC3)n1. The molecular weight excluding hydrogens is 408 g/mol. The maximum absolute atomic E-state index is 6.04. The number of hydrogen-bond donors (Lipinski definition) is 0. The Balaban J connectivity index is 1.43. The zero-order valence-corrected chi connectivity index (χ0v) is 18.5. The highest BCUT2D eigenvalue weighted by molar-refractivity contribution is 5.99. The molecule has 0 saturated heterocycles. The van der Waals surface area contributed by atoms with Crippen LogP contribution in [0.1, 0.15) is 23.4 Å². The first-order valence-corrected chi connectivity index (χ1v) is 11.4. The third-order valence-corrected chi connectivity index (χ3v) is 6.20. The van der Waals surface area contributed by atoms with Gasteiger partial charge in [-0.15, -0.1) is 0 Å². The molecule has 5 nitrogen and oxygen atoms in total. The predicted octanol–water partition coefficient (Wildman–Crippen LogP) is 5.99. The van der Waals surface area contributed by atoms with Crippen molar-refractivity contribution in [3.8, 4) is 28.3 Å². The Labute approximate surface area is 192 Å². The maximum atomic E-state index is 6.04. The fourth-order valence-corrected chi connectivity index (χ4v) is 4.65. The van der Waals surface area contributed by atoms with Crippen LogP contribution in [0.25, 0.3) is 33.4 Å². The van der Waals surface area contributed by atoms with Crippen LogP contribution in [-0.4, -0.2) is 19.7 Å². The van der Waals surface area contributed by atoms with E-state index in [0.29, 0.717) is 6.61 Å². The molecule has 0 aliphatic carbocycles. The Bertz CT molecular complexity index is 1460. The summed E-state index contributed by atoms with van der Waals surface area (Å²) in [5.74, 6) is 0.816. The van der Waals surface area contributed by atoms with Crippen molar-refractivity contribution < 1.29 is 4.74 Å². The lowest BCUT2D eigenvalue weighted by atomic mass is 9.96.